The van der Waals surface area contributed by atoms with Crippen molar-refractivity contribution in [3.05, 3.63) is 0 Å². The summed E-state index contributed by atoms with van der Waals surface area (Å²) in [6, 6.07) is 0.707. The van der Waals surface area contributed by atoms with E-state index in [1.54, 1.807) is 0 Å². The third-order valence-corrected chi connectivity index (χ3v) is 2.57. The normalized spacial score (nSPS) is 21.6. The van der Waals surface area contributed by atoms with E-state index in [0.29, 0.717) is 6.04 Å². The molecule has 74 valence electrons. The Hall–Kier alpha value is -0.520. The zero-order valence-electron chi connectivity index (χ0n) is 8.77. The van der Waals surface area contributed by atoms with Crippen LogP contribution in [0.2, 0.25) is 0 Å². The van der Waals surface area contributed by atoms with Crippen LogP contribution in [0.15, 0.2) is 0 Å². The molecule has 1 saturated heterocycles. The van der Waals surface area contributed by atoms with Gasteiger partial charge < -0.3 is 5.32 Å². The van der Waals surface area contributed by atoms with E-state index < -0.39 is 0 Å². The summed E-state index contributed by atoms with van der Waals surface area (Å²) < 4.78 is 0. The van der Waals surface area contributed by atoms with Crippen LogP contribution in [-0.2, 0) is 0 Å². The molecule has 2 heteroatoms. The third-order valence-electron chi connectivity index (χ3n) is 2.57. The van der Waals surface area contributed by atoms with E-state index in [2.05, 4.69) is 29.0 Å². The molecule has 0 saturated carbocycles. The second-order valence-electron chi connectivity index (χ2n) is 3.55. The standard InChI is InChI=1S/C11H20N2/c1-3-5-9-13(4-2)10-11-7-6-8-12-11/h11-12H,4,6-10H2,1-2H3. The van der Waals surface area contributed by atoms with Crippen molar-refractivity contribution >= 4 is 0 Å². The fraction of sp³-hybridized carbons (Fsp3) is 0.818. The van der Waals surface area contributed by atoms with Crippen molar-refractivity contribution in [3.8, 4) is 11.8 Å². The molecule has 0 spiro atoms. The van der Waals surface area contributed by atoms with Gasteiger partial charge in [-0.1, -0.05) is 12.8 Å². The molecule has 1 N–H and O–H groups in total. The zero-order valence-corrected chi connectivity index (χ0v) is 8.77. The Kier molecular flexibility index (Phi) is 4.88. The fourth-order valence-corrected chi connectivity index (χ4v) is 1.72. The van der Waals surface area contributed by atoms with Gasteiger partial charge in [-0.2, -0.15) is 0 Å². The predicted octanol–water partition coefficient (Wildman–Crippen LogP) is 1.08. The highest BCUT2D eigenvalue weighted by Gasteiger charge is 2.15. The van der Waals surface area contributed by atoms with Crippen LogP contribution in [0.5, 0.6) is 0 Å². The monoisotopic (exact) mass is 180 g/mol. The molecule has 13 heavy (non-hydrogen) atoms. The topological polar surface area (TPSA) is 15.3 Å². The number of nitrogens with one attached hydrogen (secondary N) is 1. The molecule has 0 aromatic carbocycles. The van der Waals surface area contributed by atoms with Gasteiger partial charge in [-0.15, -0.1) is 5.92 Å². The van der Waals surface area contributed by atoms with E-state index in [0.717, 1.165) is 19.6 Å². The Morgan fingerprint density at radius 1 is 1.54 bits per heavy atom. The van der Waals surface area contributed by atoms with Gasteiger partial charge in [0, 0.05) is 12.6 Å². The molecule has 1 atom stereocenters. The van der Waals surface area contributed by atoms with Gasteiger partial charge in [-0.25, -0.2) is 0 Å². The summed E-state index contributed by atoms with van der Waals surface area (Å²) in [4.78, 5) is 2.40. The maximum absolute atomic E-state index is 3.51. The number of hydrogen-bond donors (Lipinski definition) is 1. The molecule has 2 nitrogen and oxygen atoms in total. The molecular weight excluding hydrogens is 160 g/mol. The summed E-state index contributed by atoms with van der Waals surface area (Å²) in [5.41, 5.74) is 0. The minimum Gasteiger partial charge on any atom is -0.313 e. The second-order valence-corrected chi connectivity index (χ2v) is 3.55. The molecule has 0 aromatic rings. The zero-order chi connectivity index (χ0) is 9.52. The van der Waals surface area contributed by atoms with Gasteiger partial charge >= 0.3 is 0 Å². The van der Waals surface area contributed by atoms with Crippen molar-refractivity contribution < 1.29 is 0 Å². The quantitative estimate of drug-likeness (QED) is 0.651. The molecule has 0 bridgehead atoms. The molecule has 1 rings (SSSR count). The summed E-state index contributed by atoms with van der Waals surface area (Å²) in [7, 11) is 0. The molecule has 0 amide bonds. The molecule has 0 aromatic heterocycles. The summed E-state index contributed by atoms with van der Waals surface area (Å²) in [5.74, 6) is 6.07. The van der Waals surface area contributed by atoms with Gasteiger partial charge in [-0.05, 0) is 32.9 Å². The first kappa shape index (κ1) is 10.6. The number of likely N-dealkylation sites (N-methyl/N-ethyl adjacent to an activating group) is 1. The lowest BCUT2D eigenvalue weighted by Crippen LogP contribution is -2.37. The highest BCUT2D eigenvalue weighted by molar-refractivity contribution is 4.98. The molecule has 1 heterocycles. The Morgan fingerprint density at radius 2 is 2.38 bits per heavy atom. The van der Waals surface area contributed by atoms with Crippen LogP contribution in [-0.4, -0.2) is 37.1 Å². The smallest absolute Gasteiger partial charge is 0.0601 e. The van der Waals surface area contributed by atoms with Crippen LogP contribution in [0.4, 0.5) is 0 Å². The first-order chi connectivity index (χ1) is 6.36. The Morgan fingerprint density at radius 3 is 2.92 bits per heavy atom. The van der Waals surface area contributed by atoms with E-state index in [1.165, 1.54) is 19.4 Å². The highest BCUT2D eigenvalue weighted by Crippen LogP contribution is 2.06. The van der Waals surface area contributed by atoms with E-state index in [9.17, 15) is 0 Å². The number of rotatable bonds is 4. The van der Waals surface area contributed by atoms with Gasteiger partial charge in [0.15, 0.2) is 0 Å². The van der Waals surface area contributed by atoms with Crippen LogP contribution in [0, 0.1) is 11.8 Å². The van der Waals surface area contributed by atoms with E-state index in [1.807, 2.05) is 6.92 Å². The van der Waals surface area contributed by atoms with Crippen molar-refractivity contribution in [1.29, 1.82) is 0 Å². The lowest BCUT2D eigenvalue weighted by atomic mass is 10.2. The SMILES string of the molecule is CC#CCN(CC)CC1CCCN1. The lowest BCUT2D eigenvalue weighted by Gasteiger charge is -2.21. The van der Waals surface area contributed by atoms with Crippen LogP contribution in [0.25, 0.3) is 0 Å². The van der Waals surface area contributed by atoms with Crippen molar-refractivity contribution in [2.75, 3.05) is 26.2 Å². The third kappa shape index (κ3) is 3.80. The van der Waals surface area contributed by atoms with Gasteiger partial charge in [0.05, 0.1) is 6.54 Å². The van der Waals surface area contributed by atoms with Crippen LogP contribution in [0.1, 0.15) is 26.7 Å². The molecular formula is C11H20N2. The summed E-state index contributed by atoms with van der Waals surface area (Å²) >= 11 is 0. The van der Waals surface area contributed by atoms with Crippen molar-refractivity contribution in [1.82, 2.24) is 10.2 Å². The van der Waals surface area contributed by atoms with Crippen LogP contribution < -0.4 is 5.32 Å². The molecule has 1 aliphatic heterocycles. The predicted molar refractivity (Wildman–Crippen MR) is 56.6 cm³/mol. The van der Waals surface area contributed by atoms with Crippen molar-refractivity contribution in [2.45, 2.75) is 32.7 Å². The largest absolute Gasteiger partial charge is 0.313 e. The Labute approximate surface area is 81.7 Å². The first-order valence-electron chi connectivity index (χ1n) is 5.22. The van der Waals surface area contributed by atoms with Crippen molar-refractivity contribution in [3.63, 3.8) is 0 Å². The Bertz CT molecular complexity index is 184. The molecule has 1 aliphatic rings. The second kappa shape index (κ2) is 6.01. The van der Waals surface area contributed by atoms with Gasteiger partial charge in [0.1, 0.15) is 0 Å². The van der Waals surface area contributed by atoms with Crippen molar-refractivity contribution in [2.24, 2.45) is 0 Å². The van der Waals surface area contributed by atoms with Crippen LogP contribution in [0.3, 0.4) is 0 Å². The molecule has 0 radical (unpaired) electrons. The maximum atomic E-state index is 3.51. The summed E-state index contributed by atoms with van der Waals surface area (Å²) in [5, 5.41) is 3.51. The molecule has 0 aliphatic carbocycles. The minimum absolute atomic E-state index is 0.707. The number of hydrogen-bond acceptors (Lipinski definition) is 2. The van der Waals surface area contributed by atoms with Gasteiger partial charge in [-0.3, -0.25) is 4.90 Å². The summed E-state index contributed by atoms with van der Waals surface area (Å²) in [6.07, 6.45) is 2.66. The maximum Gasteiger partial charge on any atom is 0.0601 e. The Balaban J connectivity index is 2.24. The average Bonchev–Trinajstić information content (AvgIpc) is 2.64. The first-order valence-corrected chi connectivity index (χ1v) is 5.22. The highest BCUT2D eigenvalue weighted by atomic mass is 15.1. The fourth-order valence-electron chi connectivity index (χ4n) is 1.72. The van der Waals surface area contributed by atoms with E-state index in [4.69, 9.17) is 0 Å². The molecule has 1 fully saturated rings. The van der Waals surface area contributed by atoms with E-state index in [-0.39, 0.29) is 0 Å². The van der Waals surface area contributed by atoms with Crippen LogP contribution >= 0.6 is 0 Å². The van der Waals surface area contributed by atoms with E-state index >= 15 is 0 Å². The number of nitrogens with zero attached hydrogens (tertiary/aromatic N) is 1. The summed E-state index contributed by atoms with van der Waals surface area (Å²) in [6.45, 7) is 8.48. The average molecular weight is 180 g/mol. The lowest BCUT2D eigenvalue weighted by molar-refractivity contribution is 0.291. The van der Waals surface area contributed by atoms with Gasteiger partial charge in [0.2, 0.25) is 0 Å². The minimum atomic E-state index is 0.707. The molecule has 1 unspecified atom stereocenters. The van der Waals surface area contributed by atoms with Gasteiger partial charge in [0.25, 0.3) is 0 Å².